The van der Waals surface area contributed by atoms with Crippen LogP contribution in [-0.2, 0) is 4.79 Å². The fraction of sp³-hybridized carbons (Fsp3) is 0.933. The van der Waals surface area contributed by atoms with Crippen molar-refractivity contribution < 1.29 is 4.79 Å². The summed E-state index contributed by atoms with van der Waals surface area (Å²) in [4.78, 5) is 11.7. The first-order chi connectivity index (χ1) is 7.87. The highest BCUT2D eigenvalue weighted by atomic mass is 16.1. The molecule has 2 nitrogen and oxygen atoms in total. The summed E-state index contributed by atoms with van der Waals surface area (Å²) in [5.74, 6) is 1.80. The summed E-state index contributed by atoms with van der Waals surface area (Å²) in [7, 11) is 0. The van der Waals surface area contributed by atoms with Crippen molar-refractivity contribution in [3.05, 3.63) is 0 Å². The maximum Gasteiger partial charge on any atom is 0.220 e. The molecule has 0 radical (unpaired) electrons. The molecule has 0 unspecified atom stereocenters. The molecule has 1 fully saturated rings. The molecule has 1 amide bonds. The fourth-order valence-electron chi connectivity index (χ4n) is 2.58. The van der Waals surface area contributed by atoms with Crippen molar-refractivity contribution in [2.75, 3.05) is 6.54 Å². The van der Waals surface area contributed by atoms with Gasteiger partial charge in [-0.05, 0) is 36.5 Å². The molecule has 0 aliphatic heterocycles. The first-order valence-electron chi connectivity index (χ1n) is 7.13. The average Bonchev–Trinajstić information content (AvgIpc) is 2.23. The second kappa shape index (κ2) is 6.42. The molecular weight excluding hydrogens is 210 g/mol. The lowest BCUT2D eigenvalue weighted by atomic mass is 9.82. The zero-order chi connectivity index (χ0) is 12.9. The Hall–Kier alpha value is -0.530. The van der Waals surface area contributed by atoms with E-state index >= 15 is 0 Å². The number of nitrogens with one attached hydrogen (secondary N) is 1. The smallest absolute Gasteiger partial charge is 0.220 e. The van der Waals surface area contributed by atoms with E-state index in [1.54, 1.807) is 0 Å². The van der Waals surface area contributed by atoms with Crippen LogP contribution in [0.3, 0.4) is 0 Å². The summed E-state index contributed by atoms with van der Waals surface area (Å²) < 4.78 is 0. The quantitative estimate of drug-likeness (QED) is 0.795. The van der Waals surface area contributed by atoms with Gasteiger partial charge in [0, 0.05) is 13.0 Å². The van der Waals surface area contributed by atoms with Gasteiger partial charge in [0.2, 0.25) is 5.91 Å². The van der Waals surface area contributed by atoms with E-state index in [2.05, 4.69) is 33.0 Å². The van der Waals surface area contributed by atoms with Gasteiger partial charge >= 0.3 is 0 Å². The van der Waals surface area contributed by atoms with Crippen molar-refractivity contribution >= 4 is 5.91 Å². The normalized spacial score (nSPS) is 25.6. The van der Waals surface area contributed by atoms with E-state index in [9.17, 15) is 4.79 Å². The zero-order valence-electron chi connectivity index (χ0n) is 12.0. The summed E-state index contributed by atoms with van der Waals surface area (Å²) in [5.41, 5.74) is 0.261. The van der Waals surface area contributed by atoms with Crippen LogP contribution in [0.5, 0.6) is 0 Å². The predicted molar refractivity (Wildman–Crippen MR) is 72.8 cm³/mol. The minimum absolute atomic E-state index is 0.234. The van der Waals surface area contributed by atoms with E-state index in [1.807, 2.05) is 0 Å². The molecule has 1 rings (SSSR count). The van der Waals surface area contributed by atoms with Crippen molar-refractivity contribution in [2.24, 2.45) is 17.3 Å². The first kappa shape index (κ1) is 14.5. The predicted octanol–water partition coefficient (Wildman–Crippen LogP) is 3.76. The SMILES string of the molecule is C[C@H]1CCC[C@H](CNC(=O)CCC(C)(C)C)C1. The van der Waals surface area contributed by atoms with Gasteiger partial charge in [0.25, 0.3) is 0 Å². The molecule has 17 heavy (non-hydrogen) atoms. The van der Waals surface area contributed by atoms with Gasteiger partial charge in [0.05, 0.1) is 0 Å². The van der Waals surface area contributed by atoms with Crippen molar-refractivity contribution in [1.82, 2.24) is 5.32 Å². The van der Waals surface area contributed by atoms with Gasteiger partial charge in [0.15, 0.2) is 0 Å². The van der Waals surface area contributed by atoms with Gasteiger partial charge in [-0.3, -0.25) is 4.79 Å². The van der Waals surface area contributed by atoms with E-state index in [1.165, 1.54) is 25.7 Å². The Morgan fingerprint density at radius 3 is 2.59 bits per heavy atom. The lowest BCUT2D eigenvalue weighted by Gasteiger charge is -2.27. The van der Waals surface area contributed by atoms with Gasteiger partial charge in [-0.2, -0.15) is 0 Å². The Morgan fingerprint density at radius 1 is 1.29 bits per heavy atom. The molecule has 0 bridgehead atoms. The second-order valence-electron chi connectivity index (χ2n) is 7.00. The van der Waals surface area contributed by atoms with E-state index in [4.69, 9.17) is 0 Å². The van der Waals surface area contributed by atoms with Crippen molar-refractivity contribution in [3.63, 3.8) is 0 Å². The van der Waals surface area contributed by atoms with E-state index < -0.39 is 0 Å². The van der Waals surface area contributed by atoms with E-state index in [0.29, 0.717) is 6.42 Å². The summed E-state index contributed by atoms with van der Waals surface area (Å²) in [6, 6.07) is 0. The van der Waals surface area contributed by atoms with Crippen LogP contribution >= 0.6 is 0 Å². The molecular formula is C15H29NO. The number of amides is 1. The molecule has 0 aromatic rings. The molecule has 2 atom stereocenters. The zero-order valence-corrected chi connectivity index (χ0v) is 12.0. The third kappa shape index (κ3) is 6.70. The van der Waals surface area contributed by atoms with Crippen LogP contribution in [0.2, 0.25) is 0 Å². The molecule has 1 aliphatic rings. The Bertz CT molecular complexity index is 242. The molecule has 0 heterocycles. The van der Waals surface area contributed by atoms with Crippen LogP contribution < -0.4 is 5.32 Å². The van der Waals surface area contributed by atoms with Gasteiger partial charge < -0.3 is 5.32 Å². The third-order valence-corrected chi connectivity index (χ3v) is 3.73. The van der Waals surface area contributed by atoms with Gasteiger partial charge in [-0.1, -0.05) is 40.5 Å². The Balaban J connectivity index is 2.15. The average molecular weight is 239 g/mol. The van der Waals surface area contributed by atoms with Crippen molar-refractivity contribution in [2.45, 2.75) is 66.2 Å². The van der Waals surface area contributed by atoms with Crippen molar-refractivity contribution in [3.8, 4) is 0 Å². The van der Waals surface area contributed by atoms with Gasteiger partial charge in [-0.25, -0.2) is 0 Å². The number of carbonyl (C=O) groups is 1. The first-order valence-corrected chi connectivity index (χ1v) is 7.13. The largest absolute Gasteiger partial charge is 0.356 e. The third-order valence-electron chi connectivity index (χ3n) is 3.73. The lowest BCUT2D eigenvalue weighted by molar-refractivity contribution is -0.121. The van der Waals surface area contributed by atoms with E-state index in [0.717, 1.165) is 24.8 Å². The van der Waals surface area contributed by atoms with Crippen LogP contribution in [-0.4, -0.2) is 12.5 Å². The molecule has 1 N–H and O–H groups in total. The van der Waals surface area contributed by atoms with Crippen LogP contribution in [0, 0.1) is 17.3 Å². The molecule has 2 heteroatoms. The molecule has 0 saturated heterocycles. The summed E-state index contributed by atoms with van der Waals surface area (Å²) in [6.07, 6.45) is 6.94. The summed E-state index contributed by atoms with van der Waals surface area (Å²) >= 11 is 0. The Kier molecular flexibility index (Phi) is 5.48. The minimum Gasteiger partial charge on any atom is -0.356 e. The lowest BCUT2D eigenvalue weighted by Crippen LogP contribution is -2.31. The maximum absolute atomic E-state index is 11.7. The van der Waals surface area contributed by atoms with Crippen molar-refractivity contribution in [1.29, 1.82) is 0 Å². The molecule has 100 valence electrons. The van der Waals surface area contributed by atoms with E-state index in [-0.39, 0.29) is 11.3 Å². The number of carbonyl (C=O) groups excluding carboxylic acids is 1. The van der Waals surface area contributed by atoms with Crippen LogP contribution in [0.4, 0.5) is 0 Å². The highest BCUT2D eigenvalue weighted by Crippen LogP contribution is 2.28. The van der Waals surface area contributed by atoms with Crippen LogP contribution in [0.25, 0.3) is 0 Å². The standard InChI is InChI=1S/C15H29NO/c1-12-6-5-7-13(10-12)11-16-14(17)8-9-15(2,3)4/h12-13H,5-11H2,1-4H3,(H,16,17)/t12-,13-/m0/s1. The van der Waals surface area contributed by atoms with Gasteiger partial charge in [-0.15, -0.1) is 0 Å². The highest BCUT2D eigenvalue weighted by molar-refractivity contribution is 5.75. The maximum atomic E-state index is 11.7. The number of hydrogen-bond donors (Lipinski definition) is 1. The molecule has 0 aromatic carbocycles. The highest BCUT2D eigenvalue weighted by Gasteiger charge is 2.19. The second-order valence-corrected chi connectivity index (χ2v) is 7.00. The Labute approximate surface area is 107 Å². The molecule has 0 spiro atoms. The summed E-state index contributed by atoms with van der Waals surface area (Å²) in [6.45, 7) is 9.77. The number of hydrogen-bond acceptors (Lipinski definition) is 1. The van der Waals surface area contributed by atoms with Gasteiger partial charge in [0.1, 0.15) is 0 Å². The van der Waals surface area contributed by atoms with Crippen LogP contribution in [0.15, 0.2) is 0 Å². The number of rotatable bonds is 4. The fourth-order valence-corrected chi connectivity index (χ4v) is 2.58. The summed E-state index contributed by atoms with van der Waals surface area (Å²) in [5, 5.41) is 3.11. The minimum atomic E-state index is 0.234. The Morgan fingerprint density at radius 2 is 2.00 bits per heavy atom. The van der Waals surface area contributed by atoms with Crippen LogP contribution in [0.1, 0.15) is 66.2 Å². The topological polar surface area (TPSA) is 29.1 Å². The monoisotopic (exact) mass is 239 g/mol. The molecule has 1 aliphatic carbocycles. The molecule has 1 saturated carbocycles. The molecule has 0 aromatic heterocycles.